The first-order valence-corrected chi connectivity index (χ1v) is 9.16. The third-order valence-corrected chi connectivity index (χ3v) is 4.47. The van der Waals surface area contributed by atoms with Crippen molar-refractivity contribution in [2.75, 3.05) is 14.1 Å². The highest BCUT2D eigenvalue weighted by molar-refractivity contribution is 5.57. The molecule has 2 aromatic carbocycles. The molecule has 0 saturated heterocycles. The molecule has 0 amide bonds. The van der Waals surface area contributed by atoms with Crippen molar-refractivity contribution in [3.8, 4) is 22.8 Å². The van der Waals surface area contributed by atoms with Crippen LogP contribution in [0.1, 0.15) is 5.56 Å². The number of benzene rings is 2. The van der Waals surface area contributed by atoms with Crippen LogP contribution < -0.4 is 5.43 Å². The first-order valence-electron chi connectivity index (χ1n) is 9.16. The summed E-state index contributed by atoms with van der Waals surface area (Å²) in [6.07, 6.45) is 3.15. The summed E-state index contributed by atoms with van der Waals surface area (Å²) in [6, 6.07) is 17.4. The van der Waals surface area contributed by atoms with Crippen LogP contribution in [0.25, 0.3) is 22.8 Å². The minimum atomic E-state index is -0.426. The van der Waals surface area contributed by atoms with Crippen LogP contribution in [0.3, 0.4) is 0 Å². The van der Waals surface area contributed by atoms with Crippen molar-refractivity contribution in [3.05, 3.63) is 94.7 Å². The second-order valence-corrected chi connectivity index (χ2v) is 6.96. The summed E-state index contributed by atoms with van der Waals surface area (Å²) < 4.78 is 17.3. The van der Waals surface area contributed by atoms with Gasteiger partial charge in [0.1, 0.15) is 11.5 Å². The molecule has 0 radical (unpaired) electrons. The van der Waals surface area contributed by atoms with E-state index in [1.165, 1.54) is 28.6 Å². The van der Waals surface area contributed by atoms with Gasteiger partial charge in [0.05, 0.1) is 17.6 Å². The molecule has 0 aliphatic carbocycles. The average Bonchev–Trinajstić information content (AvgIpc) is 3.18. The molecule has 0 unspecified atom stereocenters. The van der Waals surface area contributed by atoms with Crippen LogP contribution >= 0.6 is 0 Å². The van der Waals surface area contributed by atoms with E-state index in [0.29, 0.717) is 5.69 Å². The first kappa shape index (κ1) is 18.8. The third-order valence-electron chi connectivity index (χ3n) is 4.47. The van der Waals surface area contributed by atoms with Crippen LogP contribution in [0, 0.1) is 5.82 Å². The minimum Gasteiger partial charge on any atom is -0.305 e. The van der Waals surface area contributed by atoms with Crippen LogP contribution in [-0.4, -0.2) is 38.6 Å². The highest BCUT2D eigenvalue weighted by atomic mass is 19.1. The average molecular weight is 389 g/mol. The van der Waals surface area contributed by atoms with Gasteiger partial charge in [-0.3, -0.25) is 4.79 Å². The largest absolute Gasteiger partial charge is 0.305 e. The van der Waals surface area contributed by atoms with E-state index in [2.05, 4.69) is 15.1 Å². The quantitative estimate of drug-likeness (QED) is 0.526. The molecular weight excluding hydrogens is 369 g/mol. The minimum absolute atomic E-state index is 0.200. The van der Waals surface area contributed by atoms with Crippen molar-refractivity contribution in [2.45, 2.75) is 6.54 Å². The van der Waals surface area contributed by atoms with Gasteiger partial charge in [0.15, 0.2) is 5.69 Å². The molecule has 2 heterocycles. The Morgan fingerprint density at radius 3 is 2.48 bits per heavy atom. The molecule has 7 heteroatoms. The molecule has 6 nitrogen and oxygen atoms in total. The van der Waals surface area contributed by atoms with Gasteiger partial charge in [-0.25, -0.2) is 13.8 Å². The smallest absolute Gasteiger partial charge is 0.209 e. The Bertz CT molecular complexity index is 1190. The fourth-order valence-electron chi connectivity index (χ4n) is 3.15. The number of hydrogen-bond acceptors (Lipinski definition) is 4. The number of para-hydroxylation sites is 1. The maximum Gasteiger partial charge on any atom is 0.209 e. The normalized spacial score (nSPS) is 11.2. The Kier molecular flexibility index (Phi) is 5.05. The van der Waals surface area contributed by atoms with Gasteiger partial charge in [-0.2, -0.15) is 10.2 Å². The van der Waals surface area contributed by atoms with Crippen molar-refractivity contribution in [2.24, 2.45) is 0 Å². The fourth-order valence-corrected chi connectivity index (χ4v) is 3.15. The Morgan fingerprint density at radius 2 is 1.76 bits per heavy atom. The molecule has 0 saturated carbocycles. The van der Waals surface area contributed by atoms with Crippen LogP contribution in [-0.2, 0) is 6.54 Å². The van der Waals surface area contributed by atoms with Crippen LogP contribution in [0.2, 0.25) is 0 Å². The number of aromatic nitrogens is 4. The summed E-state index contributed by atoms with van der Waals surface area (Å²) in [5.41, 5.74) is 2.63. The van der Waals surface area contributed by atoms with E-state index >= 15 is 0 Å². The van der Waals surface area contributed by atoms with Gasteiger partial charge in [0, 0.05) is 18.8 Å². The van der Waals surface area contributed by atoms with Gasteiger partial charge in [-0.15, -0.1) is 0 Å². The molecule has 4 aromatic rings. The molecule has 0 aliphatic rings. The molecule has 0 atom stereocenters. The molecule has 2 aromatic heterocycles. The van der Waals surface area contributed by atoms with Gasteiger partial charge in [-0.05, 0) is 50.0 Å². The Balaban J connectivity index is 1.75. The molecule has 0 aliphatic heterocycles. The number of halogens is 1. The van der Waals surface area contributed by atoms with E-state index in [0.717, 1.165) is 12.2 Å². The summed E-state index contributed by atoms with van der Waals surface area (Å²) >= 11 is 0. The number of rotatable bonds is 5. The standard InChI is InChI=1S/C22H20FN5O/c1-26(2)15-16-7-9-17(10-8-16)27-14-12-21(29)22(25-27)20-11-13-24-28(20)19-6-4-3-5-18(19)23/h3-14H,15H2,1-2H3. The zero-order valence-electron chi connectivity index (χ0n) is 16.2. The van der Waals surface area contributed by atoms with E-state index in [4.69, 9.17) is 0 Å². The summed E-state index contributed by atoms with van der Waals surface area (Å²) in [7, 11) is 4.03. The van der Waals surface area contributed by atoms with Crippen LogP contribution in [0.15, 0.2) is 77.9 Å². The predicted molar refractivity (Wildman–Crippen MR) is 110 cm³/mol. The van der Waals surface area contributed by atoms with Crippen LogP contribution in [0.4, 0.5) is 4.39 Å². The molecule has 29 heavy (non-hydrogen) atoms. The van der Waals surface area contributed by atoms with Gasteiger partial charge < -0.3 is 4.90 Å². The summed E-state index contributed by atoms with van der Waals surface area (Å²) in [6.45, 7) is 0.838. The molecule has 0 N–H and O–H groups in total. The molecule has 0 fully saturated rings. The van der Waals surface area contributed by atoms with Gasteiger partial charge >= 0.3 is 0 Å². The molecular formula is C22H20FN5O. The van der Waals surface area contributed by atoms with Crippen molar-refractivity contribution in [1.82, 2.24) is 24.5 Å². The number of hydrogen-bond donors (Lipinski definition) is 0. The second-order valence-electron chi connectivity index (χ2n) is 6.96. The molecule has 4 rings (SSSR count). The highest BCUT2D eigenvalue weighted by Crippen LogP contribution is 2.20. The van der Waals surface area contributed by atoms with Crippen molar-refractivity contribution in [1.29, 1.82) is 0 Å². The zero-order valence-corrected chi connectivity index (χ0v) is 16.2. The van der Waals surface area contributed by atoms with E-state index in [-0.39, 0.29) is 16.8 Å². The van der Waals surface area contributed by atoms with Gasteiger partial charge in [-0.1, -0.05) is 24.3 Å². The SMILES string of the molecule is CN(C)Cc1ccc(-n2ccc(=O)c(-c3ccnn3-c3ccccc3F)n2)cc1. The molecule has 146 valence electrons. The van der Waals surface area contributed by atoms with Crippen molar-refractivity contribution in [3.63, 3.8) is 0 Å². The maximum atomic E-state index is 14.3. The lowest BCUT2D eigenvalue weighted by Crippen LogP contribution is -2.15. The molecule has 0 spiro atoms. The third kappa shape index (κ3) is 3.86. The monoisotopic (exact) mass is 389 g/mol. The van der Waals surface area contributed by atoms with Crippen molar-refractivity contribution < 1.29 is 4.39 Å². The topological polar surface area (TPSA) is 56.0 Å². The Morgan fingerprint density at radius 1 is 1.00 bits per heavy atom. The lowest BCUT2D eigenvalue weighted by molar-refractivity contribution is 0.402. The lowest BCUT2D eigenvalue weighted by Gasteiger charge is -2.12. The van der Waals surface area contributed by atoms with E-state index in [1.807, 2.05) is 38.4 Å². The van der Waals surface area contributed by atoms with Crippen LogP contribution in [0.5, 0.6) is 0 Å². The van der Waals surface area contributed by atoms with Crippen molar-refractivity contribution >= 4 is 0 Å². The predicted octanol–water partition coefficient (Wildman–Crippen LogP) is 3.29. The van der Waals surface area contributed by atoms with Gasteiger partial charge in [0.25, 0.3) is 0 Å². The highest BCUT2D eigenvalue weighted by Gasteiger charge is 2.15. The molecule has 0 bridgehead atoms. The zero-order chi connectivity index (χ0) is 20.4. The Hall–Kier alpha value is -3.58. The Labute approximate surface area is 167 Å². The lowest BCUT2D eigenvalue weighted by atomic mass is 10.2. The van der Waals surface area contributed by atoms with Gasteiger partial charge in [0.2, 0.25) is 5.43 Å². The van der Waals surface area contributed by atoms with E-state index < -0.39 is 5.82 Å². The fraction of sp³-hybridized carbons (Fsp3) is 0.136. The van der Waals surface area contributed by atoms with E-state index in [9.17, 15) is 9.18 Å². The number of nitrogens with zero attached hydrogens (tertiary/aromatic N) is 5. The summed E-state index contributed by atoms with van der Waals surface area (Å²) in [4.78, 5) is 14.6. The second kappa shape index (κ2) is 7.81. The maximum absolute atomic E-state index is 14.3. The first-order chi connectivity index (χ1) is 14.0. The summed E-state index contributed by atoms with van der Waals surface area (Å²) in [5.74, 6) is -0.426. The van der Waals surface area contributed by atoms with E-state index in [1.54, 1.807) is 35.1 Å². The summed E-state index contributed by atoms with van der Waals surface area (Å²) in [5, 5.41) is 8.69.